The predicted molar refractivity (Wildman–Crippen MR) is 102 cm³/mol. The first-order valence-corrected chi connectivity index (χ1v) is 10.1. The second-order valence-corrected chi connectivity index (χ2v) is 8.44. The number of sulfonamides is 1. The fraction of sp³-hybridized carbons (Fsp3) is 0.421. The Hall–Kier alpha value is -1.96. The number of hydrogen-bond acceptors (Lipinski definition) is 4. The molecule has 26 heavy (non-hydrogen) atoms. The van der Waals surface area contributed by atoms with E-state index in [0.717, 1.165) is 15.1 Å². The Morgan fingerprint density at radius 2 is 1.85 bits per heavy atom. The van der Waals surface area contributed by atoms with E-state index >= 15 is 0 Å². The average molecular weight is 378 g/mol. The summed E-state index contributed by atoms with van der Waals surface area (Å²) in [6.45, 7) is 4.69. The van der Waals surface area contributed by atoms with Crippen LogP contribution in [0.25, 0.3) is 10.8 Å². The molecule has 0 bridgehead atoms. The first-order chi connectivity index (χ1) is 12.3. The maximum Gasteiger partial charge on any atom is 0.243 e. The van der Waals surface area contributed by atoms with Crippen molar-refractivity contribution >= 4 is 26.7 Å². The number of hydrogen-bond donors (Lipinski definition) is 1. The normalized spacial score (nSPS) is 12.0. The van der Waals surface area contributed by atoms with Gasteiger partial charge < -0.3 is 10.1 Å². The lowest BCUT2D eigenvalue weighted by Crippen LogP contribution is -2.38. The van der Waals surface area contributed by atoms with Crippen molar-refractivity contribution in [3.8, 4) is 0 Å². The second kappa shape index (κ2) is 9.12. The van der Waals surface area contributed by atoms with Gasteiger partial charge in [0.2, 0.25) is 15.9 Å². The van der Waals surface area contributed by atoms with Crippen LogP contribution in [0.2, 0.25) is 0 Å². The molecule has 142 valence electrons. The Morgan fingerprint density at radius 3 is 2.54 bits per heavy atom. The summed E-state index contributed by atoms with van der Waals surface area (Å²) in [5.74, 6) is -0.332. The van der Waals surface area contributed by atoms with Gasteiger partial charge in [-0.2, -0.15) is 4.31 Å². The molecule has 7 heteroatoms. The number of ether oxygens (including phenoxy) is 1. The lowest BCUT2D eigenvalue weighted by Gasteiger charge is -2.17. The van der Waals surface area contributed by atoms with Gasteiger partial charge >= 0.3 is 0 Å². The number of benzene rings is 2. The van der Waals surface area contributed by atoms with Crippen LogP contribution in [0.4, 0.5) is 0 Å². The first-order valence-electron chi connectivity index (χ1n) is 8.64. The van der Waals surface area contributed by atoms with Crippen molar-refractivity contribution in [2.45, 2.75) is 31.3 Å². The van der Waals surface area contributed by atoms with E-state index in [1.807, 2.05) is 38.1 Å². The molecular weight excluding hydrogens is 352 g/mol. The molecule has 0 radical (unpaired) electrons. The van der Waals surface area contributed by atoms with E-state index in [2.05, 4.69) is 5.32 Å². The van der Waals surface area contributed by atoms with Crippen LogP contribution in [-0.2, 0) is 19.6 Å². The summed E-state index contributed by atoms with van der Waals surface area (Å²) in [4.78, 5) is 12.2. The molecule has 2 aromatic carbocycles. The van der Waals surface area contributed by atoms with Gasteiger partial charge in [-0.25, -0.2) is 8.42 Å². The molecule has 1 amide bonds. The molecule has 0 spiro atoms. The molecule has 0 aromatic heterocycles. The zero-order valence-corrected chi connectivity index (χ0v) is 16.3. The minimum Gasteiger partial charge on any atom is -0.379 e. The van der Waals surface area contributed by atoms with E-state index in [9.17, 15) is 13.2 Å². The Bertz CT molecular complexity index is 849. The molecule has 0 heterocycles. The molecule has 2 aromatic rings. The summed E-state index contributed by atoms with van der Waals surface area (Å²) >= 11 is 0. The van der Waals surface area contributed by atoms with E-state index in [0.29, 0.717) is 19.6 Å². The van der Waals surface area contributed by atoms with Crippen LogP contribution >= 0.6 is 0 Å². The molecule has 0 aliphatic carbocycles. The van der Waals surface area contributed by atoms with Crippen molar-refractivity contribution in [2.24, 2.45) is 0 Å². The third-order valence-electron chi connectivity index (χ3n) is 3.89. The molecule has 0 aliphatic heterocycles. The van der Waals surface area contributed by atoms with Crippen LogP contribution in [0.15, 0.2) is 47.4 Å². The summed E-state index contributed by atoms with van der Waals surface area (Å²) in [5, 5.41) is 4.53. The van der Waals surface area contributed by atoms with Crippen molar-refractivity contribution in [2.75, 3.05) is 26.7 Å². The number of carbonyl (C=O) groups is 1. The largest absolute Gasteiger partial charge is 0.379 e. The second-order valence-electron chi connectivity index (χ2n) is 6.39. The van der Waals surface area contributed by atoms with Crippen LogP contribution in [0.3, 0.4) is 0 Å². The molecule has 0 atom stereocenters. The zero-order valence-electron chi connectivity index (χ0n) is 15.4. The quantitative estimate of drug-likeness (QED) is 0.680. The van der Waals surface area contributed by atoms with Crippen LogP contribution in [0, 0.1) is 0 Å². The van der Waals surface area contributed by atoms with E-state index in [4.69, 9.17) is 4.74 Å². The Labute approximate surface area is 155 Å². The Morgan fingerprint density at radius 1 is 1.15 bits per heavy atom. The minimum absolute atomic E-state index is 0.156. The number of rotatable bonds is 9. The average Bonchev–Trinajstić information content (AvgIpc) is 2.60. The third-order valence-corrected chi connectivity index (χ3v) is 5.69. The molecule has 0 fully saturated rings. The lowest BCUT2D eigenvalue weighted by atomic mass is 10.1. The summed E-state index contributed by atoms with van der Waals surface area (Å²) in [6, 6.07) is 12.5. The molecule has 0 aliphatic rings. The van der Waals surface area contributed by atoms with Gasteiger partial charge in [-0.05, 0) is 43.2 Å². The highest BCUT2D eigenvalue weighted by Gasteiger charge is 2.23. The van der Waals surface area contributed by atoms with Crippen molar-refractivity contribution in [1.29, 1.82) is 0 Å². The number of amides is 1. The van der Waals surface area contributed by atoms with Crippen molar-refractivity contribution < 1.29 is 17.9 Å². The number of likely N-dealkylation sites (N-methyl/N-ethyl adjacent to an activating group) is 1. The molecule has 0 saturated heterocycles. The highest BCUT2D eigenvalue weighted by atomic mass is 32.2. The molecule has 6 nitrogen and oxygen atoms in total. The highest BCUT2D eigenvalue weighted by molar-refractivity contribution is 7.89. The van der Waals surface area contributed by atoms with Crippen molar-refractivity contribution in [3.05, 3.63) is 42.5 Å². The molecule has 1 N–H and O–H groups in total. The number of nitrogens with zero attached hydrogens (tertiary/aromatic N) is 1. The van der Waals surface area contributed by atoms with Gasteiger partial charge in [0.05, 0.1) is 17.5 Å². The maximum absolute atomic E-state index is 12.7. The molecule has 0 unspecified atom stereocenters. The van der Waals surface area contributed by atoms with Crippen molar-refractivity contribution in [1.82, 2.24) is 9.62 Å². The van der Waals surface area contributed by atoms with Gasteiger partial charge in [-0.15, -0.1) is 0 Å². The van der Waals surface area contributed by atoms with Gasteiger partial charge in [0, 0.05) is 20.2 Å². The van der Waals surface area contributed by atoms with Gasteiger partial charge in [0.25, 0.3) is 0 Å². The Kier molecular flexibility index (Phi) is 7.14. The van der Waals surface area contributed by atoms with Crippen molar-refractivity contribution in [3.63, 3.8) is 0 Å². The monoisotopic (exact) mass is 378 g/mol. The smallest absolute Gasteiger partial charge is 0.243 e. The van der Waals surface area contributed by atoms with Gasteiger partial charge in [0.1, 0.15) is 0 Å². The van der Waals surface area contributed by atoms with Crippen LogP contribution in [0.1, 0.15) is 20.3 Å². The Balaban J connectivity index is 1.94. The van der Waals surface area contributed by atoms with E-state index in [1.54, 1.807) is 18.2 Å². The van der Waals surface area contributed by atoms with Crippen LogP contribution < -0.4 is 5.32 Å². The third kappa shape index (κ3) is 5.52. The SMILES string of the molecule is CC(C)OCCCNC(=O)CN(C)S(=O)(=O)c1ccc2ccccc2c1. The maximum atomic E-state index is 12.7. The zero-order chi connectivity index (χ0) is 19.2. The van der Waals surface area contributed by atoms with Gasteiger partial charge in [-0.1, -0.05) is 30.3 Å². The van der Waals surface area contributed by atoms with Gasteiger partial charge in [-0.3, -0.25) is 4.79 Å². The van der Waals surface area contributed by atoms with E-state index in [-0.39, 0.29) is 23.5 Å². The highest BCUT2D eigenvalue weighted by Crippen LogP contribution is 2.21. The van der Waals surface area contributed by atoms with Crippen LogP contribution in [0.5, 0.6) is 0 Å². The topological polar surface area (TPSA) is 75.7 Å². The first kappa shape index (κ1) is 20.4. The number of carbonyl (C=O) groups excluding carboxylic acids is 1. The summed E-state index contributed by atoms with van der Waals surface area (Å²) in [7, 11) is -2.32. The number of nitrogens with one attached hydrogen (secondary N) is 1. The minimum atomic E-state index is -3.72. The van der Waals surface area contributed by atoms with E-state index < -0.39 is 10.0 Å². The standard InChI is InChI=1S/C19H26N2O4S/c1-15(2)25-12-6-11-20-19(22)14-21(3)26(23,24)18-10-9-16-7-4-5-8-17(16)13-18/h4-5,7-10,13,15H,6,11-12,14H2,1-3H3,(H,20,22). The lowest BCUT2D eigenvalue weighted by molar-refractivity contribution is -0.121. The fourth-order valence-corrected chi connectivity index (χ4v) is 3.63. The van der Waals surface area contributed by atoms with Gasteiger partial charge in [0.15, 0.2) is 0 Å². The van der Waals surface area contributed by atoms with Crippen LogP contribution in [-0.4, -0.2) is 51.5 Å². The predicted octanol–water partition coefficient (Wildman–Crippen LogP) is 2.39. The number of fused-ring (bicyclic) bond motifs is 1. The fourth-order valence-electron chi connectivity index (χ4n) is 2.47. The molecule has 0 saturated carbocycles. The molecule has 2 rings (SSSR count). The summed E-state index contributed by atoms with van der Waals surface area (Å²) in [5.41, 5.74) is 0. The summed E-state index contributed by atoms with van der Waals surface area (Å²) < 4.78 is 31.8. The summed E-state index contributed by atoms with van der Waals surface area (Å²) in [6.07, 6.45) is 0.842. The van der Waals surface area contributed by atoms with E-state index in [1.165, 1.54) is 7.05 Å². The molecular formula is C19H26N2O4S.